The number of carbonyl (C=O) groups is 2. The Kier molecular flexibility index (Phi) is 12.1. The van der Waals surface area contributed by atoms with Gasteiger partial charge < -0.3 is 14.0 Å². The smallest absolute Gasteiger partial charge is 0.306 e. The molecule has 0 N–H and O–H groups in total. The Bertz CT molecular complexity index is 829. The van der Waals surface area contributed by atoms with Crippen LogP contribution in [0.5, 0.6) is 5.75 Å². The molecule has 1 aromatic rings. The SMILES string of the molecule is CC(C)OC(=O)CCC/C=C\C[C@H]1C(OP)CC(F)[C@@H]1/C=C/C(=O)COc1cccc(Cl)c1. The summed E-state index contributed by atoms with van der Waals surface area (Å²) in [4.78, 5) is 23.8. The van der Waals surface area contributed by atoms with Crippen LogP contribution in [-0.2, 0) is 18.8 Å². The van der Waals surface area contributed by atoms with Crippen LogP contribution in [0.4, 0.5) is 4.39 Å². The Hall–Kier alpha value is -1.75. The van der Waals surface area contributed by atoms with Crippen LogP contribution >= 0.6 is 21.1 Å². The van der Waals surface area contributed by atoms with E-state index in [0.717, 1.165) is 6.42 Å². The van der Waals surface area contributed by atoms with Gasteiger partial charge in [-0.15, -0.1) is 0 Å². The van der Waals surface area contributed by atoms with Gasteiger partial charge >= 0.3 is 5.97 Å². The number of ether oxygens (including phenoxy) is 2. The van der Waals surface area contributed by atoms with Gasteiger partial charge in [-0.1, -0.05) is 35.9 Å². The Morgan fingerprint density at radius 2 is 2.09 bits per heavy atom. The van der Waals surface area contributed by atoms with E-state index in [1.807, 2.05) is 26.0 Å². The molecule has 5 atom stereocenters. The van der Waals surface area contributed by atoms with E-state index in [1.165, 1.54) is 6.08 Å². The minimum absolute atomic E-state index is 0.0856. The quantitative estimate of drug-likeness (QED) is 0.109. The minimum Gasteiger partial charge on any atom is -0.485 e. The third-order valence-electron chi connectivity index (χ3n) is 5.40. The zero-order valence-corrected chi connectivity index (χ0v) is 21.0. The summed E-state index contributed by atoms with van der Waals surface area (Å²) in [6.45, 7) is 3.51. The average Bonchev–Trinajstić information content (AvgIpc) is 3.07. The van der Waals surface area contributed by atoms with Crippen molar-refractivity contribution >= 4 is 32.8 Å². The number of ketones is 1. The van der Waals surface area contributed by atoms with Gasteiger partial charge in [-0.2, -0.15) is 0 Å². The number of benzene rings is 1. The molecule has 0 amide bonds. The molecule has 1 fully saturated rings. The first-order valence-corrected chi connectivity index (χ1v) is 12.1. The highest BCUT2D eigenvalue weighted by molar-refractivity contribution is 7.09. The number of alkyl halides is 1. The van der Waals surface area contributed by atoms with Crippen molar-refractivity contribution < 1.29 is 28.0 Å². The van der Waals surface area contributed by atoms with E-state index in [9.17, 15) is 14.0 Å². The molecule has 33 heavy (non-hydrogen) atoms. The van der Waals surface area contributed by atoms with Crippen molar-refractivity contribution in [3.05, 3.63) is 53.6 Å². The fourth-order valence-corrected chi connectivity index (χ4v) is 4.33. The van der Waals surface area contributed by atoms with Gasteiger partial charge in [0.2, 0.25) is 0 Å². The van der Waals surface area contributed by atoms with Crippen LogP contribution in [0.25, 0.3) is 0 Å². The van der Waals surface area contributed by atoms with Gasteiger partial charge in [-0.05, 0) is 63.3 Å². The number of esters is 1. The lowest BCUT2D eigenvalue weighted by Gasteiger charge is -2.20. The van der Waals surface area contributed by atoms with Crippen LogP contribution in [0.2, 0.25) is 5.02 Å². The third-order valence-corrected chi connectivity index (χ3v) is 5.98. The molecule has 0 aromatic heterocycles. The molecule has 1 aliphatic carbocycles. The maximum absolute atomic E-state index is 14.7. The van der Waals surface area contributed by atoms with E-state index in [1.54, 1.807) is 30.3 Å². The summed E-state index contributed by atoms with van der Waals surface area (Å²) < 4.78 is 30.7. The van der Waals surface area contributed by atoms with E-state index in [2.05, 4.69) is 9.47 Å². The Balaban J connectivity index is 1.84. The van der Waals surface area contributed by atoms with Crippen molar-refractivity contribution in [2.45, 2.75) is 64.3 Å². The van der Waals surface area contributed by atoms with Gasteiger partial charge in [-0.25, -0.2) is 4.39 Å². The van der Waals surface area contributed by atoms with Crippen molar-refractivity contribution in [3.8, 4) is 5.75 Å². The topological polar surface area (TPSA) is 61.8 Å². The summed E-state index contributed by atoms with van der Waals surface area (Å²) in [7, 11) is 2.22. The monoisotopic (exact) mass is 498 g/mol. The Morgan fingerprint density at radius 1 is 1.30 bits per heavy atom. The maximum atomic E-state index is 14.7. The van der Waals surface area contributed by atoms with E-state index >= 15 is 0 Å². The number of halogens is 2. The zero-order valence-electron chi connectivity index (χ0n) is 19.1. The van der Waals surface area contributed by atoms with Gasteiger partial charge in [0.15, 0.2) is 12.4 Å². The van der Waals surface area contributed by atoms with Crippen molar-refractivity contribution in [3.63, 3.8) is 0 Å². The number of rotatable bonds is 13. The molecule has 182 valence electrons. The summed E-state index contributed by atoms with van der Waals surface area (Å²) in [5.74, 6) is -0.445. The maximum Gasteiger partial charge on any atom is 0.306 e. The first-order valence-electron chi connectivity index (χ1n) is 11.2. The molecular formula is C25H33ClFO5P. The predicted molar refractivity (Wildman–Crippen MR) is 131 cm³/mol. The largest absolute Gasteiger partial charge is 0.485 e. The summed E-state index contributed by atoms with van der Waals surface area (Å²) in [6, 6.07) is 6.80. The Labute approximate surface area is 203 Å². The lowest BCUT2D eigenvalue weighted by Crippen LogP contribution is -2.20. The van der Waals surface area contributed by atoms with Gasteiger partial charge in [-0.3, -0.25) is 9.59 Å². The molecule has 0 heterocycles. The lowest BCUT2D eigenvalue weighted by molar-refractivity contribution is -0.147. The van der Waals surface area contributed by atoms with E-state index in [4.69, 9.17) is 25.6 Å². The third kappa shape index (κ3) is 9.95. The second-order valence-electron chi connectivity index (χ2n) is 8.38. The lowest BCUT2D eigenvalue weighted by atomic mass is 9.90. The van der Waals surface area contributed by atoms with Gasteiger partial charge in [0.25, 0.3) is 0 Å². The zero-order chi connectivity index (χ0) is 24.2. The minimum atomic E-state index is -1.09. The Morgan fingerprint density at radius 3 is 2.79 bits per heavy atom. The highest BCUT2D eigenvalue weighted by Crippen LogP contribution is 2.40. The fourth-order valence-electron chi connectivity index (χ4n) is 3.83. The first-order chi connectivity index (χ1) is 15.8. The summed E-state index contributed by atoms with van der Waals surface area (Å²) in [5.41, 5.74) is 0. The molecule has 0 saturated heterocycles. The number of allylic oxidation sites excluding steroid dienone is 3. The van der Waals surface area contributed by atoms with E-state index < -0.39 is 12.1 Å². The molecule has 5 nitrogen and oxygen atoms in total. The highest BCUT2D eigenvalue weighted by atomic mass is 35.5. The fraction of sp³-hybridized carbons (Fsp3) is 0.520. The van der Waals surface area contributed by atoms with Crippen LogP contribution in [0, 0.1) is 11.8 Å². The van der Waals surface area contributed by atoms with Crippen LogP contribution in [0.15, 0.2) is 48.6 Å². The van der Waals surface area contributed by atoms with Crippen LogP contribution in [0.3, 0.4) is 0 Å². The molecular weight excluding hydrogens is 466 g/mol. The number of hydrogen-bond donors (Lipinski definition) is 0. The molecule has 1 aliphatic rings. The molecule has 0 radical (unpaired) electrons. The molecule has 1 aromatic carbocycles. The molecule has 0 aliphatic heterocycles. The summed E-state index contributed by atoms with van der Waals surface area (Å²) in [6.07, 6.45) is 8.31. The van der Waals surface area contributed by atoms with Gasteiger partial charge in [0.05, 0.1) is 12.2 Å². The molecule has 8 heteroatoms. The van der Waals surface area contributed by atoms with Crippen molar-refractivity contribution in [2.75, 3.05) is 6.61 Å². The van der Waals surface area contributed by atoms with Crippen molar-refractivity contribution in [1.82, 2.24) is 0 Å². The van der Waals surface area contributed by atoms with E-state index in [-0.39, 0.29) is 42.9 Å². The standard InChI is InChI=1S/C25H33ClFO5P/c1-17(2)31-25(29)11-6-4-3-5-10-22-21(23(27)15-24(22)32-33)13-12-19(28)16-30-20-9-7-8-18(26)14-20/h3,5,7-9,12-14,17,21-24H,4,6,10-11,15-16,33H2,1-2H3/b5-3-,13-12+/t21-,22-,23?,24?/m1/s1. The van der Waals surface area contributed by atoms with Crippen molar-refractivity contribution in [2.24, 2.45) is 11.8 Å². The van der Waals surface area contributed by atoms with Crippen LogP contribution in [-0.4, -0.2) is 36.7 Å². The molecule has 2 rings (SSSR count). The van der Waals surface area contributed by atoms with Gasteiger partial charge in [0, 0.05) is 33.2 Å². The molecule has 0 bridgehead atoms. The van der Waals surface area contributed by atoms with E-state index in [0.29, 0.717) is 30.0 Å². The molecule has 3 unspecified atom stereocenters. The van der Waals surface area contributed by atoms with Crippen molar-refractivity contribution in [1.29, 1.82) is 0 Å². The van der Waals surface area contributed by atoms with Crippen LogP contribution in [0.1, 0.15) is 46.0 Å². The molecule has 1 saturated carbocycles. The average molecular weight is 499 g/mol. The second-order valence-corrected chi connectivity index (χ2v) is 9.09. The summed E-state index contributed by atoms with van der Waals surface area (Å²) >= 11 is 5.91. The highest BCUT2D eigenvalue weighted by Gasteiger charge is 2.41. The van der Waals surface area contributed by atoms with Crippen LogP contribution < -0.4 is 4.74 Å². The number of hydrogen-bond acceptors (Lipinski definition) is 5. The predicted octanol–water partition coefficient (Wildman–Crippen LogP) is 6.06. The normalized spacial score (nSPS) is 23.0. The number of unbranched alkanes of at least 4 members (excludes halogenated alkanes) is 1. The molecule has 0 spiro atoms. The number of carbonyl (C=O) groups excluding carboxylic acids is 2. The second kappa shape index (κ2) is 14.5. The summed E-state index contributed by atoms with van der Waals surface area (Å²) in [5, 5.41) is 0.525. The van der Waals surface area contributed by atoms with Gasteiger partial charge in [0.1, 0.15) is 11.9 Å². The first kappa shape index (κ1) is 27.5.